The van der Waals surface area contributed by atoms with Gasteiger partial charge in [-0.3, -0.25) is 4.79 Å². The van der Waals surface area contributed by atoms with Gasteiger partial charge in [-0.15, -0.1) is 0 Å². The van der Waals surface area contributed by atoms with E-state index in [2.05, 4.69) is 166 Å². The van der Waals surface area contributed by atoms with Gasteiger partial charge in [0.15, 0.2) is 5.78 Å². The van der Waals surface area contributed by atoms with Crippen LogP contribution in [0.2, 0.25) is 0 Å². The van der Waals surface area contributed by atoms with E-state index in [1.54, 1.807) is 0 Å². The van der Waals surface area contributed by atoms with Crippen molar-refractivity contribution >= 4 is 16.9 Å². The molecule has 41 heavy (non-hydrogen) atoms. The molecule has 4 atom stereocenters. The minimum atomic E-state index is -0.758. The molecule has 0 aliphatic heterocycles. The van der Waals surface area contributed by atoms with Crippen molar-refractivity contribution in [2.24, 2.45) is 10.8 Å². The molecule has 1 heteroatoms. The summed E-state index contributed by atoms with van der Waals surface area (Å²) >= 11 is 0. The number of fused-ring (bicyclic) bond motifs is 5. The topological polar surface area (TPSA) is 17.1 Å². The van der Waals surface area contributed by atoms with Crippen LogP contribution in [0, 0.1) is 10.8 Å². The van der Waals surface area contributed by atoms with Gasteiger partial charge in [0.05, 0.1) is 10.8 Å². The van der Waals surface area contributed by atoms with E-state index >= 15 is 4.79 Å². The smallest absolute Gasteiger partial charge is 0.155 e. The average molecular weight is 529 g/mol. The first-order chi connectivity index (χ1) is 20.1. The predicted molar refractivity (Wildman–Crippen MR) is 166 cm³/mol. The van der Waals surface area contributed by atoms with E-state index in [-0.39, 0.29) is 5.92 Å². The van der Waals surface area contributed by atoms with Crippen LogP contribution in [0.1, 0.15) is 47.6 Å². The van der Waals surface area contributed by atoms with Crippen LogP contribution in [-0.2, 0) is 15.6 Å². The molecule has 0 heterocycles. The Kier molecular flexibility index (Phi) is 4.91. The van der Waals surface area contributed by atoms with E-state index in [1.165, 1.54) is 27.8 Å². The molecule has 2 saturated carbocycles. The van der Waals surface area contributed by atoms with E-state index in [1.807, 2.05) is 0 Å². The fraction of sp³-hybridized carbons (Fsp3) is 0.175. The first-order valence-electron chi connectivity index (χ1n) is 14.6. The maximum atomic E-state index is 15.5. The zero-order chi connectivity index (χ0) is 27.9. The molecule has 0 saturated heterocycles. The Morgan fingerprint density at radius 1 is 0.439 bits per heavy atom. The summed E-state index contributed by atoms with van der Waals surface area (Å²) in [4.78, 5) is 15.5. The summed E-state index contributed by atoms with van der Waals surface area (Å²) in [7, 11) is 0. The average Bonchev–Trinajstić information content (AvgIpc) is 3.64. The van der Waals surface area contributed by atoms with Gasteiger partial charge in [-0.2, -0.15) is 0 Å². The molecular formula is C40H32O. The Morgan fingerprint density at radius 3 is 1.12 bits per heavy atom. The van der Waals surface area contributed by atoms with Gasteiger partial charge in [0.25, 0.3) is 0 Å². The molecule has 5 aromatic rings. The number of hydrogen-bond acceptors (Lipinski definition) is 1. The van der Waals surface area contributed by atoms with Crippen LogP contribution in [0.3, 0.4) is 0 Å². The molecule has 0 amide bonds. The Labute approximate surface area is 242 Å². The lowest BCUT2D eigenvalue weighted by atomic mass is 9.59. The number of allylic oxidation sites excluding steroid dienone is 2. The highest BCUT2D eigenvalue weighted by atomic mass is 16.1. The second-order valence-electron chi connectivity index (χ2n) is 12.3. The number of Topliss-reactive ketones (excluding diaryl/α,β-unsaturated/α-hetero) is 1. The van der Waals surface area contributed by atoms with E-state index < -0.39 is 21.7 Å². The van der Waals surface area contributed by atoms with Crippen LogP contribution < -0.4 is 0 Å². The third kappa shape index (κ3) is 2.57. The van der Waals surface area contributed by atoms with Crippen molar-refractivity contribution in [2.45, 2.75) is 30.6 Å². The summed E-state index contributed by atoms with van der Waals surface area (Å²) < 4.78 is 0. The molecule has 0 unspecified atom stereocenters. The molecule has 1 nitrogen and oxygen atoms in total. The van der Waals surface area contributed by atoms with Crippen molar-refractivity contribution in [3.63, 3.8) is 0 Å². The Balaban J connectivity index is 1.59. The number of rotatable bonds is 5. The zero-order valence-electron chi connectivity index (χ0n) is 23.4. The summed E-state index contributed by atoms with van der Waals surface area (Å²) in [5, 5.41) is 0. The number of benzene rings is 5. The number of carbonyl (C=O) groups is 1. The molecule has 3 aliphatic carbocycles. The van der Waals surface area contributed by atoms with Crippen molar-refractivity contribution in [2.75, 3.05) is 0 Å². The van der Waals surface area contributed by atoms with Crippen molar-refractivity contribution in [3.05, 3.63) is 179 Å². The fourth-order valence-corrected chi connectivity index (χ4v) is 9.81. The molecule has 5 aromatic carbocycles. The quantitative estimate of drug-likeness (QED) is 0.223. The van der Waals surface area contributed by atoms with Crippen LogP contribution in [0.15, 0.2) is 152 Å². The molecule has 0 radical (unpaired) electrons. The number of hydrogen-bond donors (Lipinski definition) is 0. The zero-order valence-corrected chi connectivity index (χ0v) is 23.4. The van der Waals surface area contributed by atoms with E-state index in [0.717, 1.165) is 11.1 Å². The maximum Gasteiger partial charge on any atom is 0.155 e. The molecule has 0 aromatic heterocycles. The summed E-state index contributed by atoms with van der Waals surface area (Å²) in [6.07, 6.45) is 0. The summed E-state index contributed by atoms with van der Waals surface area (Å²) in [5.41, 5.74) is 6.01. The van der Waals surface area contributed by atoms with Crippen LogP contribution in [0.4, 0.5) is 0 Å². The summed E-state index contributed by atoms with van der Waals surface area (Å²) in [6.45, 7) is 4.54. The normalized spacial score (nSPS) is 31.3. The molecule has 3 aliphatic rings. The molecular weight excluding hydrogens is 496 g/mol. The standard InChI is InChI=1S/C40H32O/c1-37-33(28-18-8-3-9-19-28)34(29-20-10-4-11-21-29)38(2,36(37)41)40(32-26-16-7-17-27-32)35(30-22-12-5-13-23-30)39(37,40)31-24-14-6-15-25-31/h3-27,35H,1-2H3/t37-,38-,39-,40-/m1/s1. The van der Waals surface area contributed by atoms with Gasteiger partial charge in [-0.25, -0.2) is 0 Å². The van der Waals surface area contributed by atoms with Gasteiger partial charge < -0.3 is 0 Å². The van der Waals surface area contributed by atoms with E-state index in [0.29, 0.717) is 5.78 Å². The lowest BCUT2D eigenvalue weighted by Crippen LogP contribution is -2.39. The van der Waals surface area contributed by atoms with Gasteiger partial charge >= 0.3 is 0 Å². The lowest BCUT2D eigenvalue weighted by molar-refractivity contribution is -0.129. The Hall–Kier alpha value is -4.49. The van der Waals surface area contributed by atoms with Crippen LogP contribution in [0.5, 0.6) is 0 Å². The third-order valence-corrected chi connectivity index (χ3v) is 10.9. The molecule has 2 bridgehead atoms. The first-order valence-corrected chi connectivity index (χ1v) is 14.6. The van der Waals surface area contributed by atoms with Crippen molar-refractivity contribution in [1.29, 1.82) is 0 Å². The van der Waals surface area contributed by atoms with Crippen molar-refractivity contribution in [1.82, 2.24) is 0 Å². The van der Waals surface area contributed by atoms with E-state index in [4.69, 9.17) is 0 Å². The monoisotopic (exact) mass is 528 g/mol. The van der Waals surface area contributed by atoms with Crippen molar-refractivity contribution in [3.8, 4) is 0 Å². The van der Waals surface area contributed by atoms with Crippen LogP contribution in [-0.4, -0.2) is 5.78 Å². The van der Waals surface area contributed by atoms with E-state index in [9.17, 15) is 0 Å². The third-order valence-electron chi connectivity index (χ3n) is 10.9. The van der Waals surface area contributed by atoms with Gasteiger partial charge in [-0.05, 0) is 52.8 Å². The summed E-state index contributed by atoms with van der Waals surface area (Å²) in [5.74, 6) is 0.455. The highest BCUT2D eigenvalue weighted by Gasteiger charge is 2.99. The van der Waals surface area contributed by atoms with Gasteiger partial charge in [0.1, 0.15) is 0 Å². The molecule has 198 valence electrons. The van der Waals surface area contributed by atoms with Gasteiger partial charge in [0.2, 0.25) is 0 Å². The number of ketones is 1. The molecule has 2 fully saturated rings. The summed E-state index contributed by atoms with van der Waals surface area (Å²) in [6, 6.07) is 54.1. The minimum absolute atomic E-state index is 0.119. The second-order valence-corrected chi connectivity index (χ2v) is 12.3. The highest BCUT2D eigenvalue weighted by Crippen LogP contribution is 2.96. The SMILES string of the molecule is C[C@]12C(=O)[C@@](C)(C(c3ccccc3)=C1c1ccccc1)[C@@]1(c3ccccc3)C(c3ccccc3)[C@]21c1ccccc1. The van der Waals surface area contributed by atoms with Crippen molar-refractivity contribution < 1.29 is 4.79 Å². The maximum absolute atomic E-state index is 15.5. The predicted octanol–water partition coefficient (Wildman–Crippen LogP) is 8.88. The molecule has 0 spiro atoms. The Morgan fingerprint density at radius 2 is 0.756 bits per heavy atom. The second kappa shape index (κ2) is 8.27. The van der Waals surface area contributed by atoms with Crippen LogP contribution in [0.25, 0.3) is 11.1 Å². The first kappa shape index (κ1) is 24.3. The van der Waals surface area contributed by atoms with Gasteiger partial charge in [-0.1, -0.05) is 152 Å². The molecule has 0 N–H and O–H groups in total. The highest BCUT2D eigenvalue weighted by molar-refractivity contribution is 6.27. The minimum Gasteiger partial charge on any atom is -0.298 e. The van der Waals surface area contributed by atoms with Crippen LogP contribution >= 0.6 is 0 Å². The fourth-order valence-electron chi connectivity index (χ4n) is 9.81. The molecule has 8 rings (SSSR count). The largest absolute Gasteiger partial charge is 0.298 e. The lowest BCUT2D eigenvalue weighted by Gasteiger charge is -2.42. The van der Waals surface area contributed by atoms with Gasteiger partial charge in [0, 0.05) is 16.7 Å². The Bertz CT molecular complexity index is 1690. The number of carbonyl (C=O) groups excluding carboxylic acids is 1.